The van der Waals surface area contributed by atoms with Crippen molar-refractivity contribution in [1.82, 2.24) is 10.3 Å². The van der Waals surface area contributed by atoms with Crippen LogP contribution in [0, 0.1) is 0 Å². The van der Waals surface area contributed by atoms with Crippen molar-refractivity contribution in [2.45, 2.75) is 45.4 Å². The van der Waals surface area contributed by atoms with Crippen LogP contribution >= 0.6 is 0 Å². The molecule has 1 saturated heterocycles. The maximum Gasteiger partial charge on any atom is 0.238 e. The number of hydrazine groups is 1. The summed E-state index contributed by atoms with van der Waals surface area (Å²) in [5, 5.41) is 0. The molecule has 1 fully saturated rings. The average molecular weight is 291 g/mol. The predicted molar refractivity (Wildman–Crippen MR) is 82.4 cm³/mol. The number of carbonyl (C=O) groups is 1. The first-order valence-corrected chi connectivity index (χ1v) is 7.36. The molecule has 0 aromatic heterocycles. The summed E-state index contributed by atoms with van der Waals surface area (Å²) in [5.74, 6) is 5.01. The largest absolute Gasteiger partial charge is 0.370 e. The summed E-state index contributed by atoms with van der Waals surface area (Å²) in [6.07, 6.45) is 0.531. The Balaban J connectivity index is 2.10. The molecule has 1 amide bonds. The second-order valence-corrected chi connectivity index (χ2v) is 6.37. The maximum absolute atomic E-state index is 11.5. The van der Waals surface area contributed by atoms with Crippen LogP contribution in [-0.2, 0) is 22.5 Å². The fourth-order valence-corrected chi connectivity index (χ4v) is 3.06. The molecule has 1 aliphatic rings. The lowest BCUT2D eigenvalue weighted by Gasteiger charge is -2.42. The molecule has 1 aromatic carbocycles. The number of rotatable bonds is 4. The number of ether oxygens (including phenoxy) is 1. The summed E-state index contributed by atoms with van der Waals surface area (Å²) in [7, 11) is 0. The molecule has 0 bridgehead atoms. The average Bonchev–Trinajstić information content (AvgIpc) is 2.38. The van der Waals surface area contributed by atoms with E-state index in [2.05, 4.69) is 37.2 Å². The molecule has 0 radical (unpaired) electrons. The zero-order valence-electron chi connectivity index (χ0n) is 13.1. The zero-order valence-corrected chi connectivity index (χ0v) is 13.1. The number of carbonyl (C=O) groups excluding carboxylic acids is 1. The Morgan fingerprint density at radius 3 is 2.71 bits per heavy atom. The van der Waals surface area contributed by atoms with E-state index in [4.69, 9.17) is 10.6 Å². The number of hydrogen-bond acceptors (Lipinski definition) is 4. The van der Waals surface area contributed by atoms with Crippen molar-refractivity contribution in [3.05, 3.63) is 35.4 Å². The van der Waals surface area contributed by atoms with E-state index in [0.29, 0.717) is 6.42 Å². The van der Waals surface area contributed by atoms with Gasteiger partial charge in [-0.15, -0.1) is 0 Å². The minimum Gasteiger partial charge on any atom is -0.370 e. The molecule has 0 spiro atoms. The fraction of sp³-hybridized carbons (Fsp3) is 0.562. The molecule has 21 heavy (non-hydrogen) atoms. The third-order valence-corrected chi connectivity index (χ3v) is 3.66. The van der Waals surface area contributed by atoms with E-state index in [1.54, 1.807) is 0 Å². The van der Waals surface area contributed by atoms with Crippen molar-refractivity contribution in [1.29, 1.82) is 0 Å². The van der Waals surface area contributed by atoms with Gasteiger partial charge in [0, 0.05) is 19.6 Å². The van der Waals surface area contributed by atoms with Gasteiger partial charge in [-0.25, -0.2) is 5.84 Å². The van der Waals surface area contributed by atoms with Gasteiger partial charge in [-0.1, -0.05) is 24.3 Å². The normalized spacial score (nSPS) is 22.0. The van der Waals surface area contributed by atoms with Crippen LogP contribution in [0.4, 0.5) is 0 Å². The Hall–Kier alpha value is -1.43. The lowest BCUT2D eigenvalue weighted by Crippen LogP contribution is -2.51. The highest BCUT2D eigenvalue weighted by atomic mass is 16.5. The van der Waals surface area contributed by atoms with Crippen LogP contribution in [0.25, 0.3) is 0 Å². The number of nitrogens with zero attached hydrogens (tertiary/aromatic N) is 1. The van der Waals surface area contributed by atoms with Gasteiger partial charge in [-0.3, -0.25) is 15.1 Å². The van der Waals surface area contributed by atoms with Gasteiger partial charge in [0.15, 0.2) is 0 Å². The molecular weight excluding hydrogens is 266 g/mol. The molecule has 0 aliphatic carbocycles. The van der Waals surface area contributed by atoms with Crippen LogP contribution in [0.5, 0.6) is 0 Å². The monoisotopic (exact) mass is 291 g/mol. The molecule has 1 aromatic rings. The lowest BCUT2D eigenvalue weighted by atomic mass is 10.0. The van der Waals surface area contributed by atoms with E-state index in [1.807, 2.05) is 18.2 Å². The van der Waals surface area contributed by atoms with Crippen LogP contribution in [0.1, 0.15) is 31.9 Å². The smallest absolute Gasteiger partial charge is 0.238 e. The third-order valence-electron chi connectivity index (χ3n) is 3.66. The van der Waals surface area contributed by atoms with E-state index in [-0.39, 0.29) is 17.6 Å². The summed E-state index contributed by atoms with van der Waals surface area (Å²) in [4.78, 5) is 13.9. The lowest BCUT2D eigenvalue weighted by molar-refractivity contribution is -0.130. The van der Waals surface area contributed by atoms with E-state index < -0.39 is 0 Å². The predicted octanol–water partition coefficient (Wildman–Crippen LogP) is 1.22. The Kier molecular flexibility index (Phi) is 4.98. The topological polar surface area (TPSA) is 67.6 Å². The summed E-state index contributed by atoms with van der Waals surface area (Å²) in [5.41, 5.74) is 4.25. The minimum absolute atomic E-state index is 0.138. The third kappa shape index (κ3) is 4.52. The first-order chi connectivity index (χ1) is 9.89. The van der Waals surface area contributed by atoms with Crippen LogP contribution in [-0.4, -0.2) is 35.6 Å². The van der Waals surface area contributed by atoms with Crippen molar-refractivity contribution in [3.8, 4) is 0 Å². The number of benzene rings is 1. The molecule has 1 atom stereocenters. The van der Waals surface area contributed by atoms with Gasteiger partial charge in [0.2, 0.25) is 5.91 Å². The Labute approximate surface area is 126 Å². The molecule has 5 heteroatoms. The van der Waals surface area contributed by atoms with Crippen molar-refractivity contribution >= 4 is 5.91 Å². The fourth-order valence-electron chi connectivity index (χ4n) is 3.06. The van der Waals surface area contributed by atoms with Crippen molar-refractivity contribution in [2.75, 3.05) is 13.1 Å². The Morgan fingerprint density at radius 1 is 1.43 bits per heavy atom. The number of amides is 1. The van der Waals surface area contributed by atoms with Gasteiger partial charge in [0.25, 0.3) is 0 Å². The van der Waals surface area contributed by atoms with Gasteiger partial charge >= 0.3 is 0 Å². The van der Waals surface area contributed by atoms with E-state index in [9.17, 15) is 4.79 Å². The van der Waals surface area contributed by atoms with Gasteiger partial charge < -0.3 is 4.74 Å². The van der Waals surface area contributed by atoms with Crippen molar-refractivity contribution < 1.29 is 9.53 Å². The zero-order chi connectivity index (χ0) is 15.5. The summed E-state index contributed by atoms with van der Waals surface area (Å²) >= 11 is 0. The number of nitrogens with two attached hydrogens (primary N) is 1. The van der Waals surface area contributed by atoms with Gasteiger partial charge in [-0.05, 0) is 31.9 Å². The molecule has 116 valence electrons. The van der Waals surface area contributed by atoms with Crippen molar-refractivity contribution in [3.63, 3.8) is 0 Å². The number of hydrogen-bond donors (Lipinski definition) is 2. The van der Waals surface area contributed by atoms with Gasteiger partial charge in [-0.2, -0.15) is 0 Å². The number of morpholine rings is 1. The van der Waals surface area contributed by atoms with Gasteiger partial charge in [0.05, 0.1) is 18.1 Å². The van der Waals surface area contributed by atoms with Crippen LogP contribution in [0.15, 0.2) is 24.3 Å². The van der Waals surface area contributed by atoms with Crippen molar-refractivity contribution in [2.24, 2.45) is 5.84 Å². The summed E-state index contributed by atoms with van der Waals surface area (Å²) in [6, 6.07) is 8.02. The van der Waals surface area contributed by atoms with Crippen LogP contribution in [0.3, 0.4) is 0 Å². The number of nitrogens with one attached hydrogen (secondary N) is 1. The maximum atomic E-state index is 11.5. The Bertz CT molecular complexity index is 502. The van der Waals surface area contributed by atoms with E-state index in [0.717, 1.165) is 25.2 Å². The molecule has 5 nitrogen and oxygen atoms in total. The summed E-state index contributed by atoms with van der Waals surface area (Å²) < 4.78 is 5.93. The first kappa shape index (κ1) is 15.9. The highest BCUT2D eigenvalue weighted by Crippen LogP contribution is 2.23. The SMILES string of the molecule is CC1CN(Cc2ccccc2CC(=O)NN)CC(C)(C)O1. The molecule has 1 aliphatic heterocycles. The standard InChI is InChI=1S/C16H25N3O2/c1-12-9-19(11-16(2,3)21-12)10-14-7-5-4-6-13(14)8-15(20)18-17/h4-7,12H,8-11,17H2,1-3H3,(H,18,20). The van der Waals surface area contributed by atoms with Crippen LogP contribution < -0.4 is 11.3 Å². The quantitative estimate of drug-likeness (QED) is 0.497. The molecule has 1 heterocycles. The van der Waals surface area contributed by atoms with Crippen LogP contribution in [0.2, 0.25) is 0 Å². The molecule has 3 N–H and O–H groups in total. The molecular formula is C16H25N3O2. The van der Waals surface area contributed by atoms with Gasteiger partial charge in [0.1, 0.15) is 0 Å². The van der Waals surface area contributed by atoms with E-state index in [1.165, 1.54) is 5.56 Å². The highest BCUT2D eigenvalue weighted by Gasteiger charge is 2.31. The highest BCUT2D eigenvalue weighted by molar-refractivity contribution is 5.78. The Morgan fingerprint density at radius 2 is 2.10 bits per heavy atom. The first-order valence-electron chi connectivity index (χ1n) is 7.36. The summed E-state index contributed by atoms with van der Waals surface area (Å²) in [6.45, 7) is 8.94. The molecule has 1 unspecified atom stereocenters. The minimum atomic E-state index is -0.168. The second-order valence-electron chi connectivity index (χ2n) is 6.37. The second kappa shape index (κ2) is 6.56. The van der Waals surface area contributed by atoms with E-state index >= 15 is 0 Å². The molecule has 2 rings (SSSR count). The molecule has 0 saturated carbocycles.